The molecule has 0 fully saturated rings. The number of benzene rings is 1. The topological polar surface area (TPSA) is 72.9 Å². The van der Waals surface area contributed by atoms with Crippen molar-refractivity contribution in [1.29, 1.82) is 0 Å². The monoisotopic (exact) mass is 301 g/mol. The van der Waals surface area contributed by atoms with Gasteiger partial charge >= 0.3 is 0 Å². The van der Waals surface area contributed by atoms with E-state index in [9.17, 15) is 9.59 Å². The Morgan fingerprint density at radius 1 is 1.41 bits per heavy atom. The zero-order chi connectivity index (χ0) is 16.1. The van der Waals surface area contributed by atoms with Gasteiger partial charge in [0.25, 0.3) is 11.8 Å². The Morgan fingerprint density at radius 2 is 2.09 bits per heavy atom. The van der Waals surface area contributed by atoms with E-state index < -0.39 is 11.9 Å². The predicted octanol–water partition coefficient (Wildman–Crippen LogP) is 1.30. The molecule has 6 heteroatoms. The Hall–Kier alpha value is -2.60. The fourth-order valence-corrected chi connectivity index (χ4v) is 2.50. The molecule has 1 atom stereocenters. The van der Waals surface area contributed by atoms with E-state index in [0.29, 0.717) is 18.5 Å². The first-order chi connectivity index (χ1) is 10.6. The van der Waals surface area contributed by atoms with Crippen LogP contribution in [-0.2, 0) is 9.59 Å². The fourth-order valence-electron chi connectivity index (χ4n) is 2.50. The highest BCUT2D eigenvalue weighted by atomic mass is 16.5. The molecule has 0 aromatic heterocycles. The van der Waals surface area contributed by atoms with Gasteiger partial charge in [0.1, 0.15) is 6.04 Å². The van der Waals surface area contributed by atoms with E-state index in [1.165, 1.54) is 11.1 Å². The number of carbonyl (C=O) groups excluding carboxylic acids is 2. The van der Waals surface area contributed by atoms with Gasteiger partial charge in [-0.3, -0.25) is 14.8 Å². The number of hydrogen-bond donors (Lipinski definition) is 2. The third-order valence-corrected chi connectivity index (χ3v) is 3.67. The number of hydrogen-bond acceptors (Lipinski definition) is 4. The molecule has 2 N–H and O–H groups in total. The number of para-hydroxylation sites is 1. The molecule has 116 valence electrons. The van der Waals surface area contributed by atoms with E-state index in [1.54, 1.807) is 23.5 Å². The average molecular weight is 301 g/mol. The molecule has 1 aliphatic heterocycles. The maximum atomic E-state index is 12.7. The molecule has 0 spiro atoms. The van der Waals surface area contributed by atoms with Crippen LogP contribution in [0.25, 0.3) is 0 Å². The van der Waals surface area contributed by atoms with Gasteiger partial charge in [-0.25, -0.2) is 5.48 Å². The van der Waals surface area contributed by atoms with E-state index in [4.69, 9.17) is 5.21 Å². The second-order valence-electron chi connectivity index (χ2n) is 4.95. The van der Waals surface area contributed by atoms with Crippen LogP contribution >= 0.6 is 0 Å². The lowest BCUT2D eigenvalue weighted by Gasteiger charge is -2.34. The maximum absolute atomic E-state index is 12.7. The highest BCUT2D eigenvalue weighted by Gasteiger charge is 2.35. The normalized spacial score (nSPS) is 17.5. The molecule has 6 nitrogen and oxygen atoms in total. The Kier molecular flexibility index (Phi) is 4.95. The maximum Gasteiger partial charge on any atom is 0.270 e. The number of nitrogens with zero attached hydrogens (tertiary/aromatic N) is 2. The van der Waals surface area contributed by atoms with E-state index in [1.807, 2.05) is 30.3 Å². The molecular formula is C16H19N3O3. The van der Waals surface area contributed by atoms with Crippen LogP contribution in [0.4, 0.5) is 5.69 Å². The lowest BCUT2D eigenvalue weighted by atomic mass is 9.98. The molecule has 1 aromatic carbocycles. The molecule has 0 saturated carbocycles. The van der Waals surface area contributed by atoms with Crippen LogP contribution < -0.4 is 10.4 Å². The van der Waals surface area contributed by atoms with Crippen molar-refractivity contribution in [2.24, 2.45) is 0 Å². The number of likely N-dealkylation sites (N-methyl/N-ethyl adjacent to an activating group) is 1. The molecule has 2 amide bonds. The van der Waals surface area contributed by atoms with Gasteiger partial charge < -0.3 is 9.80 Å². The van der Waals surface area contributed by atoms with Crippen molar-refractivity contribution in [1.82, 2.24) is 10.4 Å². The van der Waals surface area contributed by atoms with Crippen LogP contribution in [-0.4, -0.2) is 41.6 Å². The summed E-state index contributed by atoms with van der Waals surface area (Å²) in [6.45, 7) is 4.22. The number of carbonyl (C=O) groups is 2. The summed E-state index contributed by atoms with van der Waals surface area (Å²) in [6, 6.07) is 8.28. The minimum Gasteiger partial charge on any atom is -0.362 e. The molecule has 1 unspecified atom stereocenters. The van der Waals surface area contributed by atoms with Gasteiger partial charge in [-0.2, -0.15) is 0 Å². The van der Waals surface area contributed by atoms with Crippen molar-refractivity contribution < 1.29 is 14.8 Å². The lowest BCUT2D eigenvalue weighted by Crippen LogP contribution is -2.50. The summed E-state index contributed by atoms with van der Waals surface area (Å²) in [4.78, 5) is 27.8. The fraction of sp³-hybridized carbons (Fsp3) is 0.250. The summed E-state index contributed by atoms with van der Waals surface area (Å²) >= 11 is 0. The van der Waals surface area contributed by atoms with E-state index >= 15 is 0 Å². The first kappa shape index (κ1) is 15.8. The molecule has 1 heterocycles. The van der Waals surface area contributed by atoms with Crippen molar-refractivity contribution in [3.63, 3.8) is 0 Å². The highest BCUT2D eigenvalue weighted by Crippen LogP contribution is 2.23. The smallest absolute Gasteiger partial charge is 0.270 e. The lowest BCUT2D eigenvalue weighted by molar-refractivity contribution is -0.134. The third-order valence-electron chi connectivity index (χ3n) is 3.67. The van der Waals surface area contributed by atoms with Gasteiger partial charge in [-0.1, -0.05) is 30.9 Å². The third kappa shape index (κ3) is 3.01. The molecule has 0 aliphatic carbocycles. The molecule has 0 radical (unpaired) electrons. The number of anilines is 1. The van der Waals surface area contributed by atoms with Crippen LogP contribution in [0.1, 0.15) is 6.42 Å². The quantitative estimate of drug-likeness (QED) is 0.649. The largest absolute Gasteiger partial charge is 0.362 e. The van der Waals surface area contributed by atoms with Crippen molar-refractivity contribution in [3.8, 4) is 0 Å². The SMILES string of the molecule is C=CN1CCC=C(C(=O)N(C)c2ccccc2)C1C(=O)NO. The number of rotatable bonds is 4. The Morgan fingerprint density at radius 3 is 2.68 bits per heavy atom. The van der Waals surface area contributed by atoms with Gasteiger partial charge in [0.15, 0.2) is 0 Å². The van der Waals surface area contributed by atoms with Gasteiger partial charge in [-0.05, 0) is 24.8 Å². The zero-order valence-corrected chi connectivity index (χ0v) is 12.4. The van der Waals surface area contributed by atoms with E-state index in [2.05, 4.69) is 6.58 Å². The highest BCUT2D eigenvalue weighted by molar-refractivity contribution is 6.10. The molecule has 1 aliphatic rings. The van der Waals surface area contributed by atoms with Gasteiger partial charge in [-0.15, -0.1) is 0 Å². The summed E-state index contributed by atoms with van der Waals surface area (Å²) in [7, 11) is 1.65. The van der Waals surface area contributed by atoms with Crippen LogP contribution in [0.2, 0.25) is 0 Å². The van der Waals surface area contributed by atoms with Gasteiger partial charge in [0, 0.05) is 24.9 Å². The van der Waals surface area contributed by atoms with Crippen LogP contribution in [0.3, 0.4) is 0 Å². The number of hydroxylamine groups is 1. The summed E-state index contributed by atoms with van der Waals surface area (Å²) in [6.07, 6.45) is 3.87. The summed E-state index contributed by atoms with van der Waals surface area (Å²) in [5.41, 5.74) is 2.67. The molecule has 0 bridgehead atoms. The van der Waals surface area contributed by atoms with Crippen LogP contribution in [0, 0.1) is 0 Å². The van der Waals surface area contributed by atoms with Gasteiger partial charge in [0.2, 0.25) is 0 Å². The summed E-state index contributed by atoms with van der Waals surface area (Å²) in [5.74, 6) is -0.938. The summed E-state index contributed by atoms with van der Waals surface area (Å²) in [5, 5.41) is 8.94. The van der Waals surface area contributed by atoms with Crippen LogP contribution in [0.15, 0.2) is 54.8 Å². The minimum atomic E-state index is -0.880. The Balaban J connectivity index is 2.31. The van der Waals surface area contributed by atoms with Gasteiger partial charge in [0.05, 0.1) is 0 Å². The van der Waals surface area contributed by atoms with E-state index in [-0.39, 0.29) is 5.91 Å². The molecular weight excluding hydrogens is 282 g/mol. The van der Waals surface area contributed by atoms with Crippen molar-refractivity contribution in [2.45, 2.75) is 12.5 Å². The minimum absolute atomic E-state index is 0.286. The zero-order valence-electron chi connectivity index (χ0n) is 12.4. The van der Waals surface area contributed by atoms with Crippen molar-refractivity contribution >= 4 is 17.5 Å². The van der Waals surface area contributed by atoms with Crippen molar-refractivity contribution in [2.75, 3.05) is 18.5 Å². The molecule has 1 aromatic rings. The summed E-state index contributed by atoms with van der Waals surface area (Å²) < 4.78 is 0. The Bertz CT molecular complexity index is 598. The average Bonchev–Trinajstić information content (AvgIpc) is 2.59. The second kappa shape index (κ2) is 6.91. The van der Waals surface area contributed by atoms with E-state index in [0.717, 1.165) is 5.69 Å². The molecule has 2 rings (SSSR count). The number of amides is 2. The Labute approximate surface area is 129 Å². The first-order valence-corrected chi connectivity index (χ1v) is 6.95. The molecule has 0 saturated heterocycles. The standard InChI is InChI=1S/C16H19N3O3/c1-3-19-11-7-10-13(14(19)15(20)17-22)16(21)18(2)12-8-5-4-6-9-12/h3-6,8-10,14,22H,1,7,11H2,2H3,(H,17,20). The molecule has 22 heavy (non-hydrogen) atoms. The second-order valence-corrected chi connectivity index (χ2v) is 4.95. The van der Waals surface area contributed by atoms with Crippen LogP contribution in [0.5, 0.6) is 0 Å². The number of nitrogens with one attached hydrogen (secondary N) is 1. The van der Waals surface area contributed by atoms with Crippen molar-refractivity contribution in [3.05, 3.63) is 54.8 Å². The predicted molar refractivity (Wildman–Crippen MR) is 83.2 cm³/mol. The first-order valence-electron chi connectivity index (χ1n) is 6.95.